The Hall–Kier alpha value is -3.99. The minimum absolute atomic E-state index is 0.0412. The van der Waals surface area contributed by atoms with Gasteiger partial charge >= 0.3 is 0 Å². The molecule has 186 valence electrons. The van der Waals surface area contributed by atoms with E-state index in [0.717, 1.165) is 11.3 Å². The zero-order valence-corrected chi connectivity index (χ0v) is 21.3. The summed E-state index contributed by atoms with van der Waals surface area (Å²) < 4.78 is 27.8. The predicted molar refractivity (Wildman–Crippen MR) is 142 cm³/mol. The van der Waals surface area contributed by atoms with Crippen molar-refractivity contribution in [1.29, 1.82) is 0 Å². The topological polar surface area (TPSA) is 117 Å². The van der Waals surface area contributed by atoms with Gasteiger partial charge in [-0.2, -0.15) is 0 Å². The van der Waals surface area contributed by atoms with E-state index in [2.05, 4.69) is 9.71 Å². The van der Waals surface area contributed by atoms with Gasteiger partial charge in [-0.05, 0) is 54.1 Å². The molecule has 1 aliphatic heterocycles. The van der Waals surface area contributed by atoms with Crippen LogP contribution in [0.3, 0.4) is 0 Å². The minimum Gasteiger partial charge on any atom is -0.507 e. The van der Waals surface area contributed by atoms with Gasteiger partial charge in [-0.1, -0.05) is 41.9 Å². The molecule has 4 aromatic rings. The van der Waals surface area contributed by atoms with Crippen LogP contribution in [0.5, 0.6) is 0 Å². The third-order valence-corrected chi connectivity index (χ3v) is 8.18. The van der Waals surface area contributed by atoms with Crippen LogP contribution < -0.4 is 9.62 Å². The molecule has 1 aromatic heterocycles. The van der Waals surface area contributed by atoms with Crippen molar-refractivity contribution in [2.75, 3.05) is 9.62 Å². The molecule has 0 radical (unpaired) electrons. The van der Waals surface area contributed by atoms with Crippen LogP contribution in [0.4, 0.5) is 10.8 Å². The van der Waals surface area contributed by atoms with E-state index in [-0.39, 0.29) is 21.4 Å². The maximum Gasteiger partial charge on any atom is 0.300 e. The molecular weight excluding hydrogens is 534 g/mol. The SMILES string of the molecule is O=C1C(=O)N(c2ccc(S(=O)(=O)Nc3nccs3)cc2)C(c2ccccc2)/C1=C(/O)c1ccc(Cl)cc1. The molecule has 5 rings (SSSR count). The fourth-order valence-electron chi connectivity index (χ4n) is 4.05. The number of aliphatic hydroxyl groups is 1. The molecule has 0 aliphatic carbocycles. The molecule has 1 aliphatic rings. The van der Waals surface area contributed by atoms with Gasteiger partial charge in [0.2, 0.25) is 0 Å². The number of carbonyl (C=O) groups excluding carboxylic acids is 2. The van der Waals surface area contributed by atoms with Crippen molar-refractivity contribution >= 4 is 61.2 Å². The number of nitrogens with one attached hydrogen (secondary N) is 1. The maximum atomic E-state index is 13.3. The van der Waals surface area contributed by atoms with Gasteiger partial charge in [0.05, 0.1) is 16.5 Å². The van der Waals surface area contributed by atoms with Crippen LogP contribution in [-0.4, -0.2) is 30.2 Å². The standard InChI is InChI=1S/C26H18ClN3O5S2/c27-18-8-6-17(7-9-18)23(31)21-22(16-4-2-1-3-5-16)30(25(33)24(21)32)19-10-12-20(13-11-19)37(34,35)29-26-28-14-15-36-26/h1-15,22,31H,(H,28,29)/b23-21-. The molecule has 11 heteroatoms. The van der Waals surface area contributed by atoms with Crippen molar-refractivity contribution in [2.45, 2.75) is 10.9 Å². The maximum absolute atomic E-state index is 13.3. The number of thiazole rings is 1. The zero-order chi connectivity index (χ0) is 26.2. The van der Waals surface area contributed by atoms with E-state index >= 15 is 0 Å². The summed E-state index contributed by atoms with van der Waals surface area (Å²) in [5.74, 6) is -2.04. The smallest absolute Gasteiger partial charge is 0.300 e. The summed E-state index contributed by atoms with van der Waals surface area (Å²) in [5.41, 5.74) is 1.14. The zero-order valence-electron chi connectivity index (χ0n) is 18.9. The van der Waals surface area contributed by atoms with Crippen molar-refractivity contribution in [3.05, 3.63) is 112 Å². The highest BCUT2D eigenvalue weighted by atomic mass is 35.5. The molecule has 1 unspecified atom stereocenters. The van der Waals surface area contributed by atoms with Crippen LogP contribution in [0.2, 0.25) is 5.02 Å². The molecule has 37 heavy (non-hydrogen) atoms. The Balaban J connectivity index is 1.58. The Morgan fingerprint density at radius 2 is 1.65 bits per heavy atom. The molecule has 8 nitrogen and oxygen atoms in total. The number of aliphatic hydroxyl groups excluding tert-OH is 1. The highest BCUT2D eigenvalue weighted by molar-refractivity contribution is 7.93. The van der Waals surface area contributed by atoms with Crippen molar-refractivity contribution in [3.63, 3.8) is 0 Å². The Bertz CT molecular complexity index is 1600. The van der Waals surface area contributed by atoms with Crippen LogP contribution in [0.25, 0.3) is 5.76 Å². The molecule has 1 atom stereocenters. The van der Waals surface area contributed by atoms with Gasteiger partial charge in [-0.15, -0.1) is 11.3 Å². The average molecular weight is 552 g/mol. The number of rotatable bonds is 6. The third kappa shape index (κ3) is 4.74. The van der Waals surface area contributed by atoms with Gasteiger partial charge < -0.3 is 5.11 Å². The largest absolute Gasteiger partial charge is 0.507 e. The summed E-state index contributed by atoms with van der Waals surface area (Å²) in [5, 5.41) is 13.4. The highest BCUT2D eigenvalue weighted by Gasteiger charge is 2.47. The Kier molecular flexibility index (Phi) is 6.55. The lowest BCUT2D eigenvalue weighted by molar-refractivity contribution is -0.132. The molecule has 0 saturated carbocycles. The molecular formula is C26H18ClN3O5S2. The van der Waals surface area contributed by atoms with Crippen LogP contribution in [-0.2, 0) is 19.6 Å². The summed E-state index contributed by atoms with van der Waals surface area (Å²) in [6.45, 7) is 0. The fraction of sp³-hybridized carbons (Fsp3) is 0.0385. The number of sulfonamides is 1. The second-order valence-electron chi connectivity index (χ2n) is 8.02. The number of hydrogen-bond acceptors (Lipinski definition) is 7. The molecule has 1 fully saturated rings. The van der Waals surface area contributed by atoms with E-state index in [9.17, 15) is 23.1 Å². The number of amides is 1. The summed E-state index contributed by atoms with van der Waals surface area (Å²) in [7, 11) is -3.91. The van der Waals surface area contributed by atoms with Crippen LogP contribution in [0.15, 0.2) is 101 Å². The van der Waals surface area contributed by atoms with E-state index in [4.69, 9.17) is 11.6 Å². The first-order valence-corrected chi connectivity index (χ1v) is 13.6. The number of Topliss-reactive ketones (excluding diaryl/α,β-unsaturated/α-hetero) is 1. The quantitative estimate of drug-likeness (QED) is 0.193. The summed E-state index contributed by atoms with van der Waals surface area (Å²) in [6.07, 6.45) is 1.48. The van der Waals surface area contributed by atoms with Gasteiger partial charge in [0, 0.05) is 27.9 Å². The number of ketones is 1. The fourth-order valence-corrected chi connectivity index (χ4v) is 5.96. The number of halogens is 1. The predicted octanol–water partition coefficient (Wildman–Crippen LogP) is 5.22. The number of carbonyl (C=O) groups is 2. The monoisotopic (exact) mass is 551 g/mol. The Morgan fingerprint density at radius 1 is 0.973 bits per heavy atom. The minimum atomic E-state index is -3.91. The van der Waals surface area contributed by atoms with Gasteiger partial charge in [-0.25, -0.2) is 13.4 Å². The van der Waals surface area contributed by atoms with Gasteiger partial charge in [0.25, 0.3) is 21.7 Å². The van der Waals surface area contributed by atoms with Crippen LogP contribution in [0, 0.1) is 0 Å². The van der Waals surface area contributed by atoms with Gasteiger partial charge in [-0.3, -0.25) is 19.2 Å². The number of anilines is 2. The van der Waals surface area contributed by atoms with E-state index in [1.54, 1.807) is 60.0 Å². The second kappa shape index (κ2) is 9.81. The number of aromatic nitrogens is 1. The first-order chi connectivity index (χ1) is 17.8. The summed E-state index contributed by atoms with van der Waals surface area (Å²) in [4.78, 5) is 31.6. The lowest BCUT2D eigenvalue weighted by atomic mass is 9.95. The molecule has 1 amide bonds. The third-order valence-electron chi connectivity index (χ3n) is 5.76. The number of nitrogens with zero attached hydrogens (tertiary/aromatic N) is 2. The van der Waals surface area contributed by atoms with Crippen molar-refractivity contribution in [2.24, 2.45) is 0 Å². The lowest BCUT2D eigenvalue weighted by Crippen LogP contribution is -2.29. The molecule has 0 bridgehead atoms. The Labute approximate surface area is 221 Å². The van der Waals surface area contributed by atoms with E-state index in [1.807, 2.05) is 0 Å². The number of hydrogen-bond donors (Lipinski definition) is 2. The lowest BCUT2D eigenvalue weighted by Gasteiger charge is -2.25. The highest BCUT2D eigenvalue weighted by Crippen LogP contribution is 2.42. The first kappa shape index (κ1) is 24.7. The first-order valence-electron chi connectivity index (χ1n) is 10.9. The van der Waals surface area contributed by atoms with Crippen molar-refractivity contribution in [1.82, 2.24) is 4.98 Å². The second-order valence-corrected chi connectivity index (χ2v) is 11.0. The van der Waals surface area contributed by atoms with E-state index < -0.39 is 27.8 Å². The molecule has 2 heterocycles. The normalized spacial score (nSPS) is 17.2. The summed E-state index contributed by atoms with van der Waals surface area (Å²) >= 11 is 7.10. The molecule has 0 spiro atoms. The van der Waals surface area contributed by atoms with Crippen molar-refractivity contribution in [3.8, 4) is 0 Å². The number of benzene rings is 3. The van der Waals surface area contributed by atoms with Crippen molar-refractivity contribution < 1.29 is 23.1 Å². The van der Waals surface area contributed by atoms with E-state index in [0.29, 0.717) is 21.8 Å². The molecule has 1 saturated heterocycles. The molecule has 2 N–H and O–H groups in total. The van der Waals surface area contributed by atoms with E-state index in [1.165, 1.54) is 35.4 Å². The van der Waals surface area contributed by atoms with Crippen LogP contribution >= 0.6 is 22.9 Å². The van der Waals surface area contributed by atoms with Gasteiger partial charge in [0.1, 0.15) is 5.76 Å². The molecule has 3 aromatic carbocycles. The summed E-state index contributed by atoms with van der Waals surface area (Å²) in [6, 6.07) is 19.7. The van der Waals surface area contributed by atoms with Gasteiger partial charge in [0.15, 0.2) is 5.13 Å². The average Bonchev–Trinajstić information content (AvgIpc) is 3.50. The Morgan fingerprint density at radius 3 is 2.27 bits per heavy atom. The van der Waals surface area contributed by atoms with Crippen LogP contribution in [0.1, 0.15) is 17.2 Å².